The minimum absolute atomic E-state index is 0.0251. The first kappa shape index (κ1) is 18.0. The lowest BCUT2D eigenvalue weighted by Gasteiger charge is -2.42. The molecule has 0 bridgehead atoms. The van der Waals surface area contributed by atoms with E-state index in [1.54, 1.807) is 4.90 Å². The summed E-state index contributed by atoms with van der Waals surface area (Å²) in [5, 5.41) is 2.96. The number of rotatable bonds is 2. The smallest absolute Gasteiger partial charge is 0.323 e. The van der Waals surface area contributed by atoms with Gasteiger partial charge in [0.15, 0.2) is 0 Å². The van der Waals surface area contributed by atoms with Gasteiger partial charge < -0.3 is 10.2 Å². The van der Waals surface area contributed by atoms with Gasteiger partial charge in [-0.1, -0.05) is 38.5 Å². The van der Waals surface area contributed by atoms with Gasteiger partial charge in [0.2, 0.25) is 5.91 Å². The molecule has 0 radical (unpaired) electrons. The number of para-hydroxylation sites is 1. The standard InChI is InChI=1S/C21H27N3O3/c1-13-7-6-8-14(2)21(13)19(26)23(20(27)22-21)12-18(25)24-15(3)11-16-9-4-5-10-17(16)24/h4-5,9-10,13-15H,6-8,11-12H2,1-3H3,(H,22,27). The fraction of sp³-hybridized carbons (Fsp3) is 0.571. The molecule has 1 saturated carbocycles. The number of amides is 4. The van der Waals surface area contributed by atoms with Crippen molar-refractivity contribution in [3.05, 3.63) is 29.8 Å². The Morgan fingerprint density at radius 3 is 2.52 bits per heavy atom. The summed E-state index contributed by atoms with van der Waals surface area (Å²) in [6, 6.07) is 7.41. The number of urea groups is 1. The molecule has 2 fully saturated rings. The van der Waals surface area contributed by atoms with Gasteiger partial charge in [-0.05, 0) is 49.7 Å². The van der Waals surface area contributed by atoms with E-state index in [2.05, 4.69) is 5.32 Å². The van der Waals surface area contributed by atoms with Gasteiger partial charge in [0.05, 0.1) is 0 Å². The maximum atomic E-state index is 13.3. The molecule has 3 unspecified atom stereocenters. The van der Waals surface area contributed by atoms with Crippen LogP contribution in [0.3, 0.4) is 0 Å². The van der Waals surface area contributed by atoms with Crippen LogP contribution in [0.1, 0.15) is 45.6 Å². The first-order chi connectivity index (χ1) is 12.9. The van der Waals surface area contributed by atoms with Crippen LogP contribution in [0.2, 0.25) is 0 Å². The van der Waals surface area contributed by atoms with Crippen molar-refractivity contribution in [3.63, 3.8) is 0 Å². The Bertz CT molecular complexity index is 796. The van der Waals surface area contributed by atoms with Gasteiger partial charge in [0, 0.05) is 11.7 Å². The van der Waals surface area contributed by atoms with Crippen molar-refractivity contribution in [2.45, 2.75) is 58.0 Å². The summed E-state index contributed by atoms with van der Waals surface area (Å²) in [5.41, 5.74) is 1.15. The zero-order valence-corrected chi connectivity index (χ0v) is 16.2. The average molecular weight is 369 g/mol. The van der Waals surface area contributed by atoms with Crippen LogP contribution >= 0.6 is 0 Å². The quantitative estimate of drug-likeness (QED) is 0.815. The molecule has 1 aromatic carbocycles. The van der Waals surface area contributed by atoms with Crippen LogP contribution in [-0.4, -0.2) is 40.9 Å². The lowest BCUT2D eigenvalue weighted by atomic mass is 9.67. The summed E-state index contributed by atoms with van der Waals surface area (Å²) in [6.07, 6.45) is 3.68. The Hall–Kier alpha value is -2.37. The number of fused-ring (bicyclic) bond motifs is 1. The van der Waals surface area contributed by atoms with E-state index in [-0.39, 0.29) is 36.2 Å². The van der Waals surface area contributed by atoms with E-state index in [1.807, 2.05) is 45.0 Å². The number of anilines is 1. The first-order valence-corrected chi connectivity index (χ1v) is 9.90. The van der Waals surface area contributed by atoms with Crippen LogP contribution in [-0.2, 0) is 16.0 Å². The van der Waals surface area contributed by atoms with E-state index in [0.29, 0.717) is 0 Å². The highest BCUT2D eigenvalue weighted by molar-refractivity contribution is 6.11. The second kappa shape index (κ2) is 6.36. The zero-order valence-electron chi connectivity index (χ0n) is 16.2. The van der Waals surface area contributed by atoms with Crippen LogP contribution in [0.4, 0.5) is 10.5 Å². The molecule has 1 N–H and O–H groups in total. The molecule has 1 aromatic rings. The summed E-state index contributed by atoms with van der Waals surface area (Å²) in [6.45, 7) is 5.84. The van der Waals surface area contributed by atoms with Crippen molar-refractivity contribution in [1.82, 2.24) is 10.2 Å². The predicted octanol–water partition coefficient (Wildman–Crippen LogP) is 2.71. The number of nitrogens with zero attached hydrogens (tertiary/aromatic N) is 2. The number of nitrogens with one attached hydrogen (secondary N) is 1. The van der Waals surface area contributed by atoms with Gasteiger partial charge in [-0.15, -0.1) is 0 Å². The molecular weight excluding hydrogens is 342 g/mol. The van der Waals surface area contributed by atoms with Crippen LogP contribution in [0.15, 0.2) is 24.3 Å². The average Bonchev–Trinajstić information content (AvgIpc) is 3.09. The molecule has 4 amide bonds. The Kier molecular flexibility index (Phi) is 4.24. The molecule has 2 heterocycles. The van der Waals surface area contributed by atoms with Crippen molar-refractivity contribution < 1.29 is 14.4 Å². The summed E-state index contributed by atoms with van der Waals surface area (Å²) in [7, 11) is 0. The molecule has 1 aliphatic carbocycles. The minimum Gasteiger partial charge on any atom is -0.323 e. The third kappa shape index (κ3) is 2.57. The molecule has 2 aliphatic heterocycles. The Balaban J connectivity index is 1.57. The van der Waals surface area contributed by atoms with Crippen molar-refractivity contribution >= 4 is 23.5 Å². The third-order valence-corrected chi connectivity index (χ3v) is 6.76. The predicted molar refractivity (Wildman–Crippen MR) is 102 cm³/mol. The fourth-order valence-corrected chi connectivity index (χ4v) is 5.25. The molecule has 0 aromatic heterocycles. The third-order valence-electron chi connectivity index (χ3n) is 6.76. The number of hydrogen-bond donors (Lipinski definition) is 1. The van der Waals surface area contributed by atoms with Crippen molar-refractivity contribution in [2.75, 3.05) is 11.4 Å². The molecule has 144 valence electrons. The summed E-state index contributed by atoms with van der Waals surface area (Å²) in [4.78, 5) is 41.8. The van der Waals surface area contributed by atoms with Crippen LogP contribution < -0.4 is 10.2 Å². The van der Waals surface area contributed by atoms with Gasteiger partial charge in [-0.25, -0.2) is 4.79 Å². The van der Waals surface area contributed by atoms with E-state index in [9.17, 15) is 14.4 Å². The van der Waals surface area contributed by atoms with Crippen molar-refractivity contribution in [1.29, 1.82) is 0 Å². The maximum Gasteiger partial charge on any atom is 0.325 e. The summed E-state index contributed by atoms with van der Waals surface area (Å²) < 4.78 is 0. The largest absolute Gasteiger partial charge is 0.325 e. The Labute approximate surface area is 159 Å². The van der Waals surface area contributed by atoms with Crippen LogP contribution in [0.5, 0.6) is 0 Å². The molecule has 27 heavy (non-hydrogen) atoms. The molecule has 1 saturated heterocycles. The summed E-state index contributed by atoms with van der Waals surface area (Å²) in [5.74, 6) is -0.293. The Morgan fingerprint density at radius 1 is 1.15 bits per heavy atom. The van der Waals surface area contributed by atoms with Gasteiger partial charge in [0.25, 0.3) is 5.91 Å². The number of carbonyl (C=O) groups is 3. The van der Waals surface area contributed by atoms with Crippen molar-refractivity contribution in [3.8, 4) is 0 Å². The zero-order chi connectivity index (χ0) is 19.3. The monoisotopic (exact) mass is 369 g/mol. The maximum absolute atomic E-state index is 13.3. The second-order valence-electron chi connectivity index (χ2n) is 8.37. The molecular formula is C21H27N3O3. The highest BCUT2D eigenvalue weighted by atomic mass is 16.2. The number of carbonyl (C=O) groups excluding carboxylic acids is 3. The van der Waals surface area contributed by atoms with Crippen LogP contribution in [0, 0.1) is 11.8 Å². The van der Waals surface area contributed by atoms with Gasteiger partial charge in [-0.2, -0.15) is 0 Å². The van der Waals surface area contributed by atoms with E-state index in [4.69, 9.17) is 0 Å². The lowest BCUT2D eigenvalue weighted by Crippen LogP contribution is -2.59. The SMILES string of the molecule is CC1Cc2ccccc2N1C(=O)CN1C(=O)NC2(C1=O)C(C)CCCC2C. The van der Waals surface area contributed by atoms with E-state index in [0.717, 1.165) is 41.8 Å². The fourth-order valence-electron chi connectivity index (χ4n) is 5.25. The van der Waals surface area contributed by atoms with E-state index >= 15 is 0 Å². The topological polar surface area (TPSA) is 69.7 Å². The minimum atomic E-state index is -0.857. The number of imide groups is 1. The second-order valence-corrected chi connectivity index (χ2v) is 8.37. The van der Waals surface area contributed by atoms with E-state index < -0.39 is 11.6 Å². The highest BCUT2D eigenvalue weighted by Gasteiger charge is 2.58. The molecule has 6 heteroatoms. The molecule has 3 atom stereocenters. The van der Waals surface area contributed by atoms with Gasteiger partial charge in [-0.3, -0.25) is 14.5 Å². The summed E-state index contributed by atoms with van der Waals surface area (Å²) >= 11 is 0. The van der Waals surface area contributed by atoms with Crippen molar-refractivity contribution in [2.24, 2.45) is 11.8 Å². The van der Waals surface area contributed by atoms with Gasteiger partial charge in [0.1, 0.15) is 12.1 Å². The highest BCUT2D eigenvalue weighted by Crippen LogP contribution is 2.42. The normalized spacial score (nSPS) is 32.8. The van der Waals surface area contributed by atoms with Gasteiger partial charge >= 0.3 is 6.03 Å². The molecule has 6 nitrogen and oxygen atoms in total. The number of hydrogen-bond acceptors (Lipinski definition) is 3. The lowest BCUT2D eigenvalue weighted by molar-refractivity contribution is -0.138. The Morgan fingerprint density at radius 2 is 1.81 bits per heavy atom. The van der Waals surface area contributed by atoms with Crippen LogP contribution in [0.25, 0.3) is 0 Å². The number of benzene rings is 1. The molecule has 3 aliphatic rings. The first-order valence-electron chi connectivity index (χ1n) is 9.90. The molecule has 1 spiro atoms. The molecule has 4 rings (SSSR count). The van der Waals surface area contributed by atoms with E-state index in [1.165, 1.54) is 0 Å².